The van der Waals surface area contributed by atoms with Gasteiger partial charge in [-0.1, -0.05) is 17.7 Å². The summed E-state index contributed by atoms with van der Waals surface area (Å²) in [6.45, 7) is 7.38. The van der Waals surface area contributed by atoms with Gasteiger partial charge in [-0.2, -0.15) is 0 Å². The molecule has 2 rings (SSSR count). The molecule has 27 heavy (non-hydrogen) atoms. The fraction of sp³-hybridized carbons (Fsp3) is 0.333. The molecule has 0 bridgehead atoms. The number of esters is 1. The topological polar surface area (TPSA) is 73.9 Å². The molecule has 0 aliphatic heterocycles. The van der Waals surface area contributed by atoms with Gasteiger partial charge in [0.15, 0.2) is 6.10 Å². The lowest BCUT2D eigenvalue weighted by molar-refractivity contribution is -0.123. The minimum absolute atomic E-state index is 0.244. The van der Waals surface area contributed by atoms with Crippen LogP contribution in [0.3, 0.4) is 0 Å². The Morgan fingerprint density at radius 1 is 0.889 bits per heavy atom. The zero-order valence-corrected chi connectivity index (χ0v) is 16.5. The van der Waals surface area contributed by atoms with Gasteiger partial charge in [0.05, 0.1) is 19.8 Å². The Balaban J connectivity index is 2.11. The maximum absolute atomic E-state index is 12.5. The molecule has 1 N–H and O–H groups in total. The first-order chi connectivity index (χ1) is 12.7. The smallest absolute Gasteiger partial charge is 0.339 e. The van der Waals surface area contributed by atoms with E-state index >= 15 is 0 Å². The van der Waals surface area contributed by atoms with Crippen LogP contribution in [0.4, 0.5) is 5.69 Å². The number of methoxy groups -OCH3 is 2. The van der Waals surface area contributed by atoms with Gasteiger partial charge in [0.1, 0.15) is 11.5 Å². The SMILES string of the molecule is COc1cc(OC)cc(C(=O)O[C@@H](C)C(=O)Nc2c(C)cc(C)cc2C)c1. The normalized spacial score (nSPS) is 11.5. The Morgan fingerprint density at radius 3 is 1.89 bits per heavy atom. The molecular weight excluding hydrogens is 346 g/mol. The van der Waals surface area contributed by atoms with Crippen molar-refractivity contribution in [2.75, 3.05) is 19.5 Å². The van der Waals surface area contributed by atoms with E-state index in [0.29, 0.717) is 11.5 Å². The summed E-state index contributed by atoms with van der Waals surface area (Å²) < 4.78 is 15.6. The van der Waals surface area contributed by atoms with Crippen molar-refractivity contribution in [3.8, 4) is 11.5 Å². The second-order valence-electron chi connectivity index (χ2n) is 6.41. The van der Waals surface area contributed by atoms with E-state index in [1.165, 1.54) is 33.3 Å². The van der Waals surface area contributed by atoms with Gasteiger partial charge in [0.25, 0.3) is 5.91 Å². The van der Waals surface area contributed by atoms with E-state index in [1.807, 2.05) is 32.9 Å². The summed E-state index contributed by atoms with van der Waals surface area (Å²) in [4.78, 5) is 24.9. The number of amides is 1. The van der Waals surface area contributed by atoms with Crippen LogP contribution in [0.25, 0.3) is 0 Å². The van der Waals surface area contributed by atoms with Crippen molar-refractivity contribution in [2.45, 2.75) is 33.8 Å². The lowest BCUT2D eigenvalue weighted by Crippen LogP contribution is -2.30. The molecular formula is C21H25NO5. The highest BCUT2D eigenvalue weighted by atomic mass is 16.5. The summed E-state index contributed by atoms with van der Waals surface area (Å²) in [6.07, 6.45) is -0.963. The molecule has 0 heterocycles. The second kappa shape index (κ2) is 8.58. The molecule has 0 fully saturated rings. The van der Waals surface area contributed by atoms with Crippen molar-refractivity contribution in [2.24, 2.45) is 0 Å². The third-order valence-electron chi connectivity index (χ3n) is 4.17. The van der Waals surface area contributed by atoms with E-state index in [0.717, 1.165) is 22.4 Å². The predicted molar refractivity (Wildman–Crippen MR) is 104 cm³/mol. The van der Waals surface area contributed by atoms with Gasteiger partial charge >= 0.3 is 5.97 Å². The van der Waals surface area contributed by atoms with E-state index < -0.39 is 18.0 Å². The van der Waals surface area contributed by atoms with Gasteiger partial charge in [0, 0.05) is 11.8 Å². The van der Waals surface area contributed by atoms with E-state index in [4.69, 9.17) is 14.2 Å². The molecule has 2 aromatic rings. The van der Waals surface area contributed by atoms with Crippen molar-refractivity contribution in [1.29, 1.82) is 0 Å². The minimum atomic E-state index is -0.963. The van der Waals surface area contributed by atoms with Gasteiger partial charge < -0.3 is 19.5 Å². The third-order valence-corrected chi connectivity index (χ3v) is 4.17. The van der Waals surface area contributed by atoms with E-state index in [9.17, 15) is 9.59 Å². The number of carbonyl (C=O) groups is 2. The summed E-state index contributed by atoms with van der Waals surface area (Å²) in [6, 6.07) is 8.69. The van der Waals surface area contributed by atoms with Crippen LogP contribution in [0.2, 0.25) is 0 Å². The van der Waals surface area contributed by atoms with Crippen LogP contribution in [0, 0.1) is 20.8 Å². The number of ether oxygens (including phenoxy) is 3. The van der Waals surface area contributed by atoms with Crippen molar-refractivity contribution < 1.29 is 23.8 Å². The van der Waals surface area contributed by atoms with Gasteiger partial charge in [-0.25, -0.2) is 4.79 Å². The summed E-state index contributed by atoms with van der Waals surface area (Å²) in [5.41, 5.74) is 4.01. The number of rotatable bonds is 6. The van der Waals surface area contributed by atoms with Gasteiger partial charge in [-0.15, -0.1) is 0 Å². The Hall–Kier alpha value is -3.02. The van der Waals surface area contributed by atoms with Crippen molar-refractivity contribution in [3.05, 3.63) is 52.6 Å². The number of hydrogen-bond acceptors (Lipinski definition) is 5. The Morgan fingerprint density at radius 2 is 1.41 bits per heavy atom. The van der Waals surface area contributed by atoms with Crippen molar-refractivity contribution in [1.82, 2.24) is 0 Å². The largest absolute Gasteiger partial charge is 0.497 e. The Labute approximate surface area is 159 Å². The molecule has 0 aromatic heterocycles. The molecule has 144 valence electrons. The van der Waals surface area contributed by atoms with Gasteiger partial charge in [0.2, 0.25) is 0 Å². The number of aryl methyl sites for hydroxylation is 3. The molecule has 0 radical (unpaired) electrons. The van der Waals surface area contributed by atoms with Crippen molar-refractivity contribution in [3.63, 3.8) is 0 Å². The van der Waals surface area contributed by atoms with Gasteiger partial charge in [-0.05, 0) is 51.0 Å². The molecule has 0 saturated heterocycles. The molecule has 0 spiro atoms. The van der Waals surface area contributed by atoms with Crippen LogP contribution in [0.5, 0.6) is 11.5 Å². The summed E-state index contributed by atoms with van der Waals surface area (Å²) >= 11 is 0. The number of anilines is 1. The molecule has 0 saturated carbocycles. The zero-order chi connectivity index (χ0) is 20.1. The van der Waals surface area contributed by atoms with Crippen LogP contribution >= 0.6 is 0 Å². The van der Waals surface area contributed by atoms with Crippen LogP contribution in [0.15, 0.2) is 30.3 Å². The minimum Gasteiger partial charge on any atom is -0.497 e. The van der Waals surface area contributed by atoms with Crippen LogP contribution in [-0.4, -0.2) is 32.2 Å². The average molecular weight is 371 g/mol. The highest BCUT2D eigenvalue weighted by molar-refractivity contribution is 5.98. The standard InChI is InChI=1S/C21H25NO5/c1-12-7-13(2)19(14(3)8-12)22-20(23)15(4)27-21(24)16-9-17(25-5)11-18(10-16)26-6/h7-11,15H,1-6H3,(H,22,23)/t15-/m0/s1. The fourth-order valence-electron chi connectivity index (χ4n) is 2.81. The molecule has 0 aliphatic carbocycles. The fourth-order valence-corrected chi connectivity index (χ4v) is 2.81. The van der Waals surface area contributed by atoms with Crippen molar-refractivity contribution >= 4 is 17.6 Å². The average Bonchev–Trinajstić information content (AvgIpc) is 2.63. The highest BCUT2D eigenvalue weighted by Gasteiger charge is 2.21. The lowest BCUT2D eigenvalue weighted by atomic mass is 10.0. The molecule has 0 unspecified atom stereocenters. The maximum Gasteiger partial charge on any atom is 0.339 e. The molecule has 2 aromatic carbocycles. The molecule has 1 amide bonds. The summed E-state index contributed by atoms with van der Waals surface area (Å²) in [7, 11) is 2.98. The molecule has 0 aliphatic rings. The molecule has 6 nitrogen and oxygen atoms in total. The van der Waals surface area contributed by atoms with Crippen LogP contribution in [-0.2, 0) is 9.53 Å². The van der Waals surface area contributed by atoms with Crippen LogP contribution in [0.1, 0.15) is 34.0 Å². The first-order valence-corrected chi connectivity index (χ1v) is 8.58. The van der Waals surface area contributed by atoms with E-state index in [1.54, 1.807) is 6.07 Å². The predicted octanol–water partition coefficient (Wildman–Crippen LogP) is 3.81. The highest BCUT2D eigenvalue weighted by Crippen LogP contribution is 2.24. The van der Waals surface area contributed by atoms with E-state index in [-0.39, 0.29) is 5.56 Å². The number of carbonyl (C=O) groups excluding carboxylic acids is 2. The first-order valence-electron chi connectivity index (χ1n) is 8.58. The first kappa shape index (κ1) is 20.3. The molecule has 6 heteroatoms. The maximum atomic E-state index is 12.5. The number of hydrogen-bond donors (Lipinski definition) is 1. The number of nitrogens with one attached hydrogen (secondary N) is 1. The monoisotopic (exact) mass is 371 g/mol. The Kier molecular flexibility index (Phi) is 6.45. The summed E-state index contributed by atoms with van der Waals surface area (Å²) in [5, 5.41) is 2.84. The quantitative estimate of drug-likeness (QED) is 0.782. The number of benzene rings is 2. The third kappa shape index (κ3) is 5.00. The summed E-state index contributed by atoms with van der Waals surface area (Å²) in [5.74, 6) is -0.103. The zero-order valence-electron chi connectivity index (χ0n) is 16.5. The van der Waals surface area contributed by atoms with E-state index in [2.05, 4.69) is 5.32 Å². The second-order valence-corrected chi connectivity index (χ2v) is 6.41. The Bertz CT molecular complexity index is 814. The molecule has 1 atom stereocenters. The van der Waals surface area contributed by atoms with Gasteiger partial charge in [-0.3, -0.25) is 4.79 Å². The lowest BCUT2D eigenvalue weighted by Gasteiger charge is -2.17. The van der Waals surface area contributed by atoms with Crippen LogP contribution < -0.4 is 14.8 Å².